The lowest BCUT2D eigenvalue weighted by atomic mass is 10.5. The Balaban J connectivity index is 2.86. The highest BCUT2D eigenvalue weighted by atomic mass is 15.2. The molecular weight excluding hydrogens is 152 g/mol. The van der Waals surface area contributed by atoms with Crippen molar-refractivity contribution < 1.29 is 0 Å². The highest BCUT2D eigenvalue weighted by Gasteiger charge is 2.00. The average molecular weight is 158 g/mol. The van der Waals surface area contributed by atoms with Crippen LogP contribution in [0.25, 0.3) is 5.52 Å². The van der Waals surface area contributed by atoms with E-state index in [-0.39, 0.29) is 0 Å². The van der Waals surface area contributed by atoms with Gasteiger partial charge in [-0.1, -0.05) is 0 Å². The first-order chi connectivity index (χ1) is 5.81. The van der Waals surface area contributed by atoms with Crippen LogP contribution in [0.3, 0.4) is 0 Å². The van der Waals surface area contributed by atoms with Gasteiger partial charge in [-0.3, -0.25) is 0 Å². The van der Waals surface area contributed by atoms with Gasteiger partial charge in [0.1, 0.15) is 17.6 Å². The van der Waals surface area contributed by atoms with E-state index in [0.717, 1.165) is 5.52 Å². The highest BCUT2D eigenvalue weighted by Crippen LogP contribution is 2.05. The van der Waals surface area contributed by atoms with Crippen molar-refractivity contribution in [3.63, 3.8) is 0 Å². The van der Waals surface area contributed by atoms with Crippen molar-refractivity contribution >= 4 is 5.52 Å². The molecule has 0 bridgehead atoms. The molecule has 0 aliphatic rings. The maximum absolute atomic E-state index is 8.68. The van der Waals surface area contributed by atoms with Crippen molar-refractivity contribution in [1.29, 1.82) is 5.26 Å². The fraction of sp³-hybridized carbons (Fsp3) is 0.125. The Kier molecular flexibility index (Phi) is 1.31. The van der Waals surface area contributed by atoms with E-state index in [2.05, 4.69) is 10.1 Å². The van der Waals surface area contributed by atoms with Crippen LogP contribution >= 0.6 is 0 Å². The van der Waals surface area contributed by atoms with Gasteiger partial charge in [0.15, 0.2) is 0 Å². The van der Waals surface area contributed by atoms with Crippen LogP contribution in [0.15, 0.2) is 18.3 Å². The predicted molar refractivity (Wildman–Crippen MR) is 42.4 cm³/mol. The molecule has 0 atom stereocenters. The summed E-state index contributed by atoms with van der Waals surface area (Å²) in [5.74, 6) is 0.662. The van der Waals surface area contributed by atoms with Crippen LogP contribution in [0.2, 0.25) is 0 Å². The molecule has 0 radical (unpaired) electrons. The second kappa shape index (κ2) is 2.31. The van der Waals surface area contributed by atoms with Crippen molar-refractivity contribution in [2.24, 2.45) is 0 Å². The summed E-state index contributed by atoms with van der Waals surface area (Å²) in [6.45, 7) is 1.79. The van der Waals surface area contributed by atoms with Gasteiger partial charge in [0.2, 0.25) is 0 Å². The molecule has 12 heavy (non-hydrogen) atoms. The third-order valence-electron chi connectivity index (χ3n) is 1.63. The fourth-order valence-corrected chi connectivity index (χ4v) is 1.07. The molecule has 2 aromatic rings. The first kappa shape index (κ1) is 6.80. The summed E-state index contributed by atoms with van der Waals surface area (Å²) in [5.41, 5.74) is 1.38. The Bertz CT molecular complexity index is 463. The van der Waals surface area contributed by atoms with Crippen LogP contribution in [0.4, 0.5) is 0 Å². The van der Waals surface area contributed by atoms with E-state index in [4.69, 9.17) is 5.26 Å². The Morgan fingerprint density at radius 3 is 3.08 bits per heavy atom. The van der Waals surface area contributed by atoms with E-state index in [0.29, 0.717) is 11.5 Å². The van der Waals surface area contributed by atoms with Gasteiger partial charge >= 0.3 is 0 Å². The molecule has 0 saturated carbocycles. The molecule has 0 aliphatic heterocycles. The van der Waals surface area contributed by atoms with Crippen LogP contribution in [0.1, 0.15) is 11.5 Å². The lowest BCUT2D eigenvalue weighted by molar-refractivity contribution is 0.846. The van der Waals surface area contributed by atoms with E-state index >= 15 is 0 Å². The predicted octanol–water partition coefficient (Wildman–Crippen LogP) is 0.909. The van der Waals surface area contributed by atoms with Crippen molar-refractivity contribution in [3.05, 3.63) is 29.8 Å². The summed E-state index contributed by atoms with van der Waals surface area (Å²) in [5, 5.41) is 12.8. The molecule has 0 amide bonds. The standard InChI is InChI=1S/C8H6N4/c1-6-10-5-8-3-2-7(4-9)12(8)11-6/h2-3,5H,1H3. The number of hydrogen-bond acceptors (Lipinski definition) is 3. The SMILES string of the molecule is Cc1ncc2ccc(C#N)n2n1. The third kappa shape index (κ3) is 0.839. The molecule has 0 fully saturated rings. The zero-order valence-corrected chi connectivity index (χ0v) is 6.52. The summed E-state index contributed by atoms with van der Waals surface area (Å²) in [4.78, 5) is 4.01. The lowest BCUT2D eigenvalue weighted by Gasteiger charge is -1.94. The summed E-state index contributed by atoms with van der Waals surface area (Å²) < 4.78 is 1.59. The van der Waals surface area contributed by atoms with E-state index in [1.807, 2.05) is 12.1 Å². The Hall–Kier alpha value is -1.89. The van der Waals surface area contributed by atoms with E-state index < -0.39 is 0 Å². The first-order valence-corrected chi connectivity index (χ1v) is 3.53. The number of aromatic nitrogens is 3. The molecule has 0 aromatic carbocycles. The summed E-state index contributed by atoms with van der Waals surface area (Å²) >= 11 is 0. The van der Waals surface area contributed by atoms with E-state index in [1.54, 1.807) is 23.7 Å². The molecule has 0 saturated heterocycles. The number of nitriles is 1. The maximum atomic E-state index is 8.68. The van der Waals surface area contributed by atoms with Crippen molar-refractivity contribution in [2.75, 3.05) is 0 Å². The third-order valence-corrected chi connectivity index (χ3v) is 1.63. The number of hydrogen-bond donors (Lipinski definition) is 0. The van der Waals surface area contributed by atoms with Gasteiger partial charge in [-0.2, -0.15) is 10.4 Å². The van der Waals surface area contributed by atoms with E-state index in [9.17, 15) is 0 Å². The minimum atomic E-state index is 0.538. The Labute approximate surface area is 69.1 Å². The van der Waals surface area contributed by atoms with Crippen molar-refractivity contribution in [3.8, 4) is 6.07 Å². The van der Waals surface area contributed by atoms with Gasteiger partial charge in [0.25, 0.3) is 0 Å². The summed E-state index contributed by atoms with van der Waals surface area (Å²) in [7, 11) is 0. The first-order valence-electron chi connectivity index (χ1n) is 3.53. The molecule has 58 valence electrons. The van der Waals surface area contributed by atoms with Crippen LogP contribution < -0.4 is 0 Å². The summed E-state index contributed by atoms with van der Waals surface area (Å²) in [6, 6.07) is 5.59. The molecular formula is C8H6N4. The van der Waals surface area contributed by atoms with Crippen molar-refractivity contribution in [2.45, 2.75) is 6.92 Å². The molecule has 2 heterocycles. The Morgan fingerprint density at radius 1 is 1.50 bits per heavy atom. The minimum absolute atomic E-state index is 0.538. The zero-order valence-electron chi connectivity index (χ0n) is 6.52. The largest absolute Gasteiger partial charge is 0.238 e. The quantitative estimate of drug-likeness (QED) is 0.572. The topological polar surface area (TPSA) is 54.0 Å². The van der Waals surface area contributed by atoms with Crippen LogP contribution in [-0.4, -0.2) is 14.6 Å². The van der Waals surface area contributed by atoms with Crippen LogP contribution in [0.5, 0.6) is 0 Å². The minimum Gasteiger partial charge on any atom is -0.238 e. The van der Waals surface area contributed by atoms with Gasteiger partial charge in [-0.15, -0.1) is 0 Å². The van der Waals surface area contributed by atoms with Crippen LogP contribution in [-0.2, 0) is 0 Å². The molecule has 0 spiro atoms. The molecule has 0 aliphatic carbocycles. The lowest BCUT2D eigenvalue weighted by Crippen LogP contribution is -1.98. The van der Waals surface area contributed by atoms with Gasteiger partial charge in [0, 0.05) is 0 Å². The maximum Gasteiger partial charge on any atom is 0.146 e. The normalized spacial score (nSPS) is 10.0. The molecule has 0 N–H and O–H groups in total. The number of aryl methyl sites for hydroxylation is 1. The second-order valence-corrected chi connectivity index (χ2v) is 2.47. The van der Waals surface area contributed by atoms with Crippen LogP contribution in [0, 0.1) is 18.3 Å². The molecule has 2 aromatic heterocycles. The van der Waals surface area contributed by atoms with Gasteiger partial charge < -0.3 is 0 Å². The molecule has 4 heteroatoms. The average Bonchev–Trinajstić information content (AvgIpc) is 2.46. The van der Waals surface area contributed by atoms with Gasteiger partial charge in [0.05, 0.1) is 11.7 Å². The smallest absolute Gasteiger partial charge is 0.146 e. The molecule has 0 unspecified atom stereocenters. The van der Waals surface area contributed by atoms with Crippen molar-refractivity contribution in [1.82, 2.24) is 14.6 Å². The number of nitrogens with zero attached hydrogens (tertiary/aromatic N) is 4. The Morgan fingerprint density at radius 2 is 2.33 bits per heavy atom. The van der Waals surface area contributed by atoms with Gasteiger partial charge in [-0.05, 0) is 19.1 Å². The number of fused-ring (bicyclic) bond motifs is 1. The number of rotatable bonds is 0. The van der Waals surface area contributed by atoms with E-state index in [1.165, 1.54) is 0 Å². The fourth-order valence-electron chi connectivity index (χ4n) is 1.07. The molecule has 4 nitrogen and oxygen atoms in total. The highest BCUT2D eigenvalue weighted by molar-refractivity contribution is 5.48. The molecule has 2 rings (SSSR count). The van der Waals surface area contributed by atoms with Gasteiger partial charge in [-0.25, -0.2) is 9.50 Å². The zero-order chi connectivity index (χ0) is 8.55. The summed E-state index contributed by atoms with van der Waals surface area (Å²) in [6.07, 6.45) is 1.70. The monoisotopic (exact) mass is 158 g/mol. The second-order valence-electron chi connectivity index (χ2n) is 2.47.